The van der Waals surface area contributed by atoms with Gasteiger partial charge in [-0.05, 0) is 45.2 Å². The molecule has 34 heavy (non-hydrogen) atoms. The molecular formula is C23H28N4O6S. The number of nitrogens with one attached hydrogen (secondary N) is 1. The lowest BCUT2D eigenvalue weighted by atomic mass is 9.98. The SMILES string of the molecule is CCOC(=O)C1CCCN(C(=O)C(=O)Nc2c3c(nn2-c2ccc(C)cc2C)CS(=O)(=O)C3)C1. The largest absolute Gasteiger partial charge is 0.466 e. The van der Waals surface area contributed by atoms with E-state index < -0.39 is 27.6 Å². The average Bonchev–Trinajstić information content (AvgIpc) is 3.25. The third-order valence-corrected chi connectivity index (χ3v) is 7.56. The molecule has 182 valence electrons. The number of esters is 1. The summed E-state index contributed by atoms with van der Waals surface area (Å²) in [5.41, 5.74) is 3.37. The molecule has 3 heterocycles. The molecule has 4 rings (SSSR count). The molecular weight excluding hydrogens is 460 g/mol. The maximum absolute atomic E-state index is 13.0. The monoisotopic (exact) mass is 488 g/mol. The number of sulfone groups is 1. The lowest BCUT2D eigenvalue weighted by Gasteiger charge is -2.31. The molecule has 0 bridgehead atoms. The Hall–Kier alpha value is -3.21. The minimum absolute atomic E-state index is 0.105. The second kappa shape index (κ2) is 9.21. The van der Waals surface area contributed by atoms with E-state index in [1.807, 2.05) is 32.0 Å². The van der Waals surface area contributed by atoms with Crippen LogP contribution in [0.25, 0.3) is 5.69 Å². The second-order valence-electron chi connectivity index (χ2n) is 8.80. The third kappa shape index (κ3) is 4.70. The van der Waals surface area contributed by atoms with Crippen LogP contribution in [-0.4, -0.2) is 60.6 Å². The van der Waals surface area contributed by atoms with Crippen LogP contribution in [0.2, 0.25) is 0 Å². The summed E-state index contributed by atoms with van der Waals surface area (Å²) >= 11 is 0. The molecule has 1 saturated heterocycles. The molecule has 1 N–H and O–H groups in total. The van der Waals surface area contributed by atoms with Crippen molar-refractivity contribution in [1.82, 2.24) is 14.7 Å². The molecule has 1 unspecified atom stereocenters. The lowest BCUT2D eigenvalue weighted by molar-refractivity contribution is -0.153. The number of piperidine rings is 1. The highest BCUT2D eigenvalue weighted by atomic mass is 32.2. The first-order valence-corrected chi connectivity index (χ1v) is 13.1. The highest BCUT2D eigenvalue weighted by molar-refractivity contribution is 7.90. The number of hydrogen-bond donors (Lipinski definition) is 1. The summed E-state index contributed by atoms with van der Waals surface area (Å²) in [7, 11) is -3.37. The Morgan fingerprint density at radius 3 is 2.68 bits per heavy atom. The van der Waals surface area contributed by atoms with Crippen molar-refractivity contribution in [2.45, 2.75) is 45.1 Å². The van der Waals surface area contributed by atoms with Crippen molar-refractivity contribution in [2.75, 3.05) is 25.0 Å². The predicted octanol–water partition coefficient (Wildman–Crippen LogP) is 1.66. The smallest absolute Gasteiger partial charge is 0.315 e. The standard InChI is InChI=1S/C23H28N4O6S/c1-4-33-23(30)16-6-5-9-26(11-16)22(29)21(28)24-20-17-12-34(31,32)13-18(17)25-27(20)19-8-7-14(2)10-15(19)3/h7-8,10,16H,4-6,9,11-13H2,1-3H3,(H,24,28). The molecule has 11 heteroatoms. The molecule has 1 aromatic carbocycles. The van der Waals surface area contributed by atoms with Gasteiger partial charge in [0.25, 0.3) is 0 Å². The first kappa shape index (κ1) is 23.9. The number of fused-ring (bicyclic) bond motifs is 1. The van der Waals surface area contributed by atoms with Crippen LogP contribution in [0.15, 0.2) is 18.2 Å². The fourth-order valence-corrected chi connectivity index (χ4v) is 6.00. The number of amides is 2. The number of hydrogen-bond acceptors (Lipinski definition) is 7. The first-order chi connectivity index (χ1) is 16.1. The van der Waals surface area contributed by atoms with E-state index in [1.165, 1.54) is 9.58 Å². The zero-order valence-corrected chi connectivity index (χ0v) is 20.3. The molecule has 1 aromatic heterocycles. The number of nitrogens with zero attached hydrogens (tertiary/aromatic N) is 3. The van der Waals surface area contributed by atoms with Gasteiger partial charge in [0.05, 0.1) is 35.4 Å². The van der Waals surface area contributed by atoms with Crippen molar-refractivity contribution in [2.24, 2.45) is 5.92 Å². The number of benzene rings is 1. The summed E-state index contributed by atoms with van der Waals surface area (Å²) in [6, 6.07) is 5.69. The Kier molecular flexibility index (Phi) is 6.48. The van der Waals surface area contributed by atoms with Gasteiger partial charge in [-0.25, -0.2) is 13.1 Å². The Morgan fingerprint density at radius 1 is 1.21 bits per heavy atom. The van der Waals surface area contributed by atoms with Crippen molar-refractivity contribution < 1.29 is 27.5 Å². The second-order valence-corrected chi connectivity index (χ2v) is 10.9. The molecule has 10 nitrogen and oxygen atoms in total. The van der Waals surface area contributed by atoms with Crippen molar-refractivity contribution >= 4 is 33.4 Å². The van der Waals surface area contributed by atoms with E-state index in [2.05, 4.69) is 10.4 Å². The van der Waals surface area contributed by atoms with Gasteiger partial charge in [-0.2, -0.15) is 5.10 Å². The Bertz CT molecular complexity index is 1270. The maximum atomic E-state index is 13.0. The number of aromatic nitrogens is 2. The van der Waals surface area contributed by atoms with Crippen LogP contribution in [0.5, 0.6) is 0 Å². The van der Waals surface area contributed by atoms with E-state index in [1.54, 1.807) is 6.92 Å². The molecule has 2 aliphatic rings. The Balaban J connectivity index is 1.61. The van der Waals surface area contributed by atoms with Crippen LogP contribution in [0.4, 0.5) is 5.82 Å². The Morgan fingerprint density at radius 2 is 1.97 bits per heavy atom. The van der Waals surface area contributed by atoms with E-state index in [0.717, 1.165) is 11.1 Å². The molecule has 0 saturated carbocycles. The molecule has 1 atom stereocenters. The number of rotatable bonds is 4. The summed E-state index contributed by atoms with van der Waals surface area (Å²) in [6.45, 7) is 6.27. The van der Waals surface area contributed by atoms with E-state index in [-0.39, 0.29) is 36.4 Å². The lowest BCUT2D eigenvalue weighted by Crippen LogP contribution is -2.47. The summed E-state index contributed by atoms with van der Waals surface area (Å²) in [4.78, 5) is 39.4. The fraction of sp³-hybridized carbons (Fsp3) is 0.478. The van der Waals surface area contributed by atoms with E-state index >= 15 is 0 Å². The number of aryl methyl sites for hydroxylation is 2. The van der Waals surface area contributed by atoms with Gasteiger partial charge >= 0.3 is 17.8 Å². The minimum atomic E-state index is -3.37. The van der Waals surface area contributed by atoms with E-state index in [0.29, 0.717) is 36.3 Å². The van der Waals surface area contributed by atoms with Gasteiger partial charge in [-0.1, -0.05) is 17.7 Å². The minimum Gasteiger partial charge on any atom is -0.466 e. The number of carbonyl (C=O) groups is 3. The van der Waals surface area contributed by atoms with Crippen LogP contribution < -0.4 is 5.32 Å². The van der Waals surface area contributed by atoms with Crippen molar-refractivity contribution in [3.63, 3.8) is 0 Å². The van der Waals surface area contributed by atoms with Crippen LogP contribution in [-0.2, 0) is 40.5 Å². The molecule has 0 radical (unpaired) electrons. The average molecular weight is 489 g/mol. The van der Waals surface area contributed by atoms with Gasteiger partial charge < -0.3 is 15.0 Å². The molecule has 0 spiro atoms. The highest BCUT2D eigenvalue weighted by Crippen LogP contribution is 2.34. The van der Waals surface area contributed by atoms with E-state index in [4.69, 9.17) is 4.74 Å². The first-order valence-electron chi connectivity index (χ1n) is 11.3. The van der Waals surface area contributed by atoms with E-state index in [9.17, 15) is 22.8 Å². The van der Waals surface area contributed by atoms with Crippen molar-refractivity contribution in [3.05, 3.63) is 40.6 Å². The summed E-state index contributed by atoms with van der Waals surface area (Å²) in [6.07, 6.45) is 1.17. The zero-order valence-electron chi connectivity index (χ0n) is 19.5. The summed E-state index contributed by atoms with van der Waals surface area (Å²) in [5.74, 6) is -2.83. The van der Waals surface area contributed by atoms with Gasteiger partial charge in [-0.3, -0.25) is 14.4 Å². The maximum Gasteiger partial charge on any atom is 0.315 e. The predicted molar refractivity (Wildman–Crippen MR) is 124 cm³/mol. The summed E-state index contributed by atoms with van der Waals surface area (Å²) < 4.78 is 31.0. The van der Waals surface area contributed by atoms with Crippen LogP contribution in [0.3, 0.4) is 0 Å². The molecule has 0 aliphatic carbocycles. The van der Waals surface area contributed by atoms with Crippen molar-refractivity contribution in [1.29, 1.82) is 0 Å². The number of ether oxygens (including phenoxy) is 1. The molecule has 2 aromatic rings. The number of likely N-dealkylation sites (tertiary alicyclic amines) is 1. The topological polar surface area (TPSA) is 128 Å². The van der Waals surface area contributed by atoms with Gasteiger partial charge in [0.1, 0.15) is 5.82 Å². The molecule has 2 aliphatic heterocycles. The quantitative estimate of drug-likeness (QED) is 0.512. The van der Waals surface area contributed by atoms with Gasteiger partial charge in [0, 0.05) is 18.7 Å². The normalized spacial score (nSPS) is 18.9. The number of anilines is 1. The van der Waals surface area contributed by atoms with Crippen LogP contribution in [0.1, 0.15) is 42.1 Å². The van der Waals surface area contributed by atoms with Crippen molar-refractivity contribution in [3.8, 4) is 5.69 Å². The Labute approximate surface area is 198 Å². The van der Waals surface area contributed by atoms with Crippen LogP contribution >= 0.6 is 0 Å². The van der Waals surface area contributed by atoms with Gasteiger partial charge in [0.15, 0.2) is 9.84 Å². The highest BCUT2D eigenvalue weighted by Gasteiger charge is 2.36. The third-order valence-electron chi connectivity index (χ3n) is 6.12. The number of carbonyl (C=O) groups excluding carboxylic acids is 3. The molecule has 1 fully saturated rings. The zero-order chi connectivity index (χ0) is 24.6. The van der Waals surface area contributed by atoms with Gasteiger partial charge in [-0.15, -0.1) is 0 Å². The fourth-order valence-electron chi connectivity index (χ4n) is 4.51. The summed E-state index contributed by atoms with van der Waals surface area (Å²) in [5, 5.41) is 7.09. The molecule has 2 amide bonds. The van der Waals surface area contributed by atoms with Crippen LogP contribution in [0, 0.1) is 19.8 Å². The van der Waals surface area contributed by atoms with Gasteiger partial charge in [0.2, 0.25) is 0 Å².